The van der Waals surface area contributed by atoms with Gasteiger partial charge in [0.1, 0.15) is 5.82 Å². The molecule has 1 aromatic carbocycles. The molecular weight excluding hydrogens is 261 g/mol. The normalized spacial score (nSPS) is 21.5. The Hall–Kier alpha value is -0.890. The van der Waals surface area contributed by atoms with Crippen molar-refractivity contribution in [2.45, 2.75) is 70.8 Å². The Labute approximate surface area is 129 Å². The van der Waals surface area contributed by atoms with Gasteiger partial charge in [0, 0.05) is 6.04 Å². The number of rotatable bonds is 9. The highest BCUT2D eigenvalue weighted by Crippen LogP contribution is 2.36. The van der Waals surface area contributed by atoms with Crippen molar-refractivity contribution in [2.24, 2.45) is 5.92 Å². The van der Waals surface area contributed by atoms with Crippen molar-refractivity contribution in [3.05, 3.63) is 35.6 Å². The van der Waals surface area contributed by atoms with Gasteiger partial charge in [-0.3, -0.25) is 0 Å². The second-order valence-corrected chi connectivity index (χ2v) is 6.97. The predicted molar refractivity (Wildman–Crippen MR) is 88.1 cm³/mol. The van der Waals surface area contributed by atoms with Crippen LogP contribution in [0.2, 0.25) is 0 Å². The molecule has 1 fully saturated rings. The number of hydrogen-bond donors (Lipinski definition) is 1. The van der Waals surface area contributed by atoms with Crippen LogP contribution in [0.3, 0.4) is 0 Å². The minimum Gasteiger partial charge on any atom is -0.314 e. The first kappa shape index (κ1) is 16.5. The van der Waals surface area contributed by atoms with E-state index in [1.807, 2.05) is 12.1 Å². The molecule has 0 saturated heterocycles. The van der Waals surface area contributed by atoms with E-state index in [2.05, 4.69) is 19.2 Å². The van der Waals surface area contributed by atoms with E-state index in [1.54, 1.807) is 12.1 Å². The molecule has 1 nitrogen and oxygen atoms in total. The van der Waals surface area contributed by atoms with Crippen LogP contribution in [0.4, 0.5) is 4.39 Å². The molecule has 1 saturated carbocycles. The summed E-state index contributed by atoms with van der Waals surface area (Å²) < 4.78 is 12.9. The van der Waals surface area contributed by atoms with Crippen molar-refractivity contribution in [2.75, 3.05) is 6.54 Å². The van der Waals surface area contributed by atoms with Crippen LogP contribution in [0.25, 0.3) is 0 Å². The van der Waals surface area contributed by atoms with Crippen molar-refractivity contribution in [3.63, 3.8) is 0 Å². The Morgan fingerprint density at radius 3 is 2.38 bits per heavy atom. The van der Waals surface area contributed by atoms with E-state index in [0.717, 1.165) is 12.5 Å². The zero-order valence-electron chi connectivity index (χ0n) is 13.6. The van der Waals surface area contributed by atoms with Crippen LogP contribution < -0.4 is 5.32 Å². The van der Waals surface area contributed by atoms with E-state index in [1.165, 1.54) is 50.5 Å². The van der Waals surface area contributed by atoms with Gasteiger partial charge in [0.2, 0.25) is 0 Å². The Morgan fingerprint density at radius 1 is 1.05 bits per heavy atom. The molecule has 1 aliphatic rings. The minimum atomic E-state index is -0.134. The van der Waals surface area contributed by atoms with Crippen molar-refractivity contribution >= 4 is 0 Å². The second kappa shape index (κ2) is 8.53. The maximum atomic E-state index is 12.9. The first-order chi connectivity index (χ1) is 10.1. The summed E-state index contributed by atoms with van der Waals surface area (Å²) in [6.07, 6.45) is 9.20. The van der Waals surface area contributed by atoms with E-state index < -0.39 is 0 Å². The molecule has 118 valence electrons. The van der Waals surface area contributed by atoms with Crippen molar-refractivity contribution in [1.29, 1.82) is 0 Å². The van der Waals surface area contributed by atoms with Crippen LogP contribution in [0, 0.1) is 11.7 Å². The largest absolute Gasteiger partial charge is 0.314 e. The Balaban J connectivity index is 1.48. The Morgan fingerprint density at radius 2 is 1.71 bits per heavy atom. The van der Waals surface area contributed by atoms with E-state index in [0.29, 0.717) is 12.0 Å². The first-order valence-electron chi connectivity index (χ1n) is 8.64. The van der Waals surface area contributed by atoms with Gasteiger partial charge in [-0.2, -0.15) is 0 Å². The van der Waals surface area contributed by atoms with E-state index in [9.17, 15) is 4.39 Å². The monoisotopic (exact) mass is 291 g/mol. The smallest absolute Gasteiger partial charge is 0.123 e. The number of benzene rings is 1. The second-order valence-electron chi connectivity index (χ2n) is 6.97. The molecule has 0 atom stereocenters. The van der Waals surface area contributed by atoms with Crippen LogP contribution in [0.15, 0.2) is 24.3 Å². The van der Waals surface area contributed by atoms with Crippen molar-refractivity contribution in [3.8, 4) is 0 Å². The fourth-order valence-electron chi connectivity index (χ4n) is 3.13. The van der Waals surface area contributed by atoms with Gasteiger partial charge in [-0.05, 0) is 55.3 Å². The zero-order chi connectivity index (χ0) is 15.1. The molecule has 1 N–H and O–H groups in total. The molecule has 0 radical (unpaired) electrons. The highest BCUT2D eigenvalue weighted by molar-refractivity contribution is 5.23. The summed E-state index contributed by atoms with van der Waals surface area (Å²) in [4.78, 5) is 0. The van der Waals surface area contributed by atoms with Crippen LogP contribution in [0.5, 0.6) is 0 Å². The molecule has 0 aromatic heterocycles. The Bertz CT molecular complexity index is 393. The maximum Gasteiger partial charge on any atom is 0.123 e. The molecule has 0 aliphatic heterocycles. The summed E-state index contributed by atoms with van der Waals surface area (Å²) in [5.41, 5.74) is 1.29. The molecule has 2 rings (SSSR count). The summed E-state index contributed by atoms with van der Waals surface area (Å²) in [6, 6.07) is 7.70. The fourth-order valence-corrected chi connectivity index (χ4v) is 3.13. The van der Waals surface area contributed by atoms with Gasteiger partial charge in [0.15, 0.2) is 0 Å². The van der Waals surface area contributed by atoms with Gasteiger partial charge in [0.25, 0.3) is 0 Å². The number of halogens is 1. The molecule has 1 aromatic rings. The average Bonchev–Trinajstić information content (AvgIpc) is 2.41. The van der Waals surface area contributed by atoms with Gasteiger partial charge in [-0.25, -0.2) is 4.39 Å². The summed E-state index contributed by atoms with van der Waals surface area (Å²) in [7, 11) is 0. The third-order valence-corrected chi connectivity index (χ3v) is 4.62. The number of unbranched alkanes of at least 4 members (excludes halogenated alkanes) is 3. The van der Waals surface area contributed by atoms with Gasteiger partial charge in [0.05, 0.1) is 0 Å². The summed E-state index contributed by atoms with van der Waals surface area (Å²) >= 11 is 0. The standard InChI is InChI=1S/C19H30FN/c1-15(2)7-5-3-4-6-12-21-19-13-17(14-19)16-8-10-18(20)11-9-16/h8-11,15,17,19,21H,3-7,12-14H2,1-2H3. The Kier molecular flexibility index (Phi) is 6.69. The third kappa shape index (κ3) is 5.78. The van der Waals surface area contributed by atoms with Crippen LogP contribution >= 0.6 is 0 Å². The maximum absolute atomic E-state index is 12.9. The molecule has 0 heterocycles. The lowest BCUT2D eigenvalue weighted by Crippen LogP contribution is -2.40. The highest BCUT2D eigenvalue weighted by Gasteiger charge is 2.29. The highest BCUT2D eigenvalue weighted by atomic mass is 19.1. The minimum absolute atomic E-state index is 0.134. The van der Waals surface area contributed by atoms with Crippen LogP contribution in [0.1, 0.15) is 70.3 Å². The SMILES string of the molecule is CC(C)CCCCCCNC1CC(c2ccc(F)cc2)C1. The topological polar surface area (TPSA) is 12.0 Å². The van der Waals surface area contributed by atoms with E-state index in [4.69, 9.17) is 0 Å². The number of hydrogen-bond acceptors (Lipinski definition) is 1. The van der Waals surface area contributed by atoms with Crippen molar-refractivity contribution in [1.82, 2.24) is 5.32 Å². The first-order valence-corrected chi connectivity index (χ1v) is 8.64. The lowest BCUT2D eigenvalue weighted by molar-refractivity contribution is 0.289. The molecule has 0 amide bonds. The van der Waals surface area contributed by atoms with Gasteiger partial charge >= 0.3 is 0 Å². The zero-order valence-corrected chi connectivity index (χ0v) is 13.6. The fraction of sp³-hybridized carbons (Fsp3) is 0.684. The van der Waals surface area contributed by atoms with Gasteiger partial charge in [-0.1, -0.05) is 51.7 Å². The third-order valence-electron chi connectivity index (χ3n) is 4.62. The quantitative estimate of drug-likeness (QED) is 0.611. The molecule has 0 bridgehead atoms. The molecular formula is C19H30FN. The summed E-state index contributed by atoms with van der Waals surface area (Å²) in [5, 5.41) is 3.66. The number of nitrogens with one attached hydrogen (secondary N) is 1. The molecule has 2 heteroatoms. The lowest BCUT2D eigenvalue weighted by Gasteiger charge is -2.36. The average molecular weight is 291 g/mol. The predicted octanol–water partition coefficient (Wildman–Crippen LogP) is 5.27. The summed E-state index contributed by atoms with van der Waals surface area (Å²) in [5.74, 6) is 1.35. The molecule has 0 spiro atoms. The van der Waals surface area contributed by atoms with Crippen LogP contribution in [-0.2, 0) is 0 Å². The van der Waals surface area contributed by atoms with E-state index in [-0.39, 0.29) is 5.82 Å². The van der Waals surface area contributed by atoms with E-state index >= 15 is 0 Å². The van der Waals surface area contributed by atoms with Gasteiger partial charge in [-0.15, -0.1) is 0 Å². The van der Waals surface area contributed by atoms with Crippen LogP contribution in [-0.4, -0.2) is 12.6 Å². The molecule has 0 unspecified atom stereocenters. The van der Waals surface area contributed by atoms with Crippen molar-refractivity contribution < 1.29 is 4.39 Å². The summed E-state index contributed by atoms with van der Waals surface area (Å²) in [6.45, 7) is 5.76. The lowest BCUT2D eigenvalue weighted by atomic mass is 9.76. The van der Waals surface area contributed by atoms with Gasteiger partial charge < -0.3 is 5.32 Å². The molecule has 21 heavy (non-hydrogen) atoms. The molecule has 1 aliphatic carbocycles.